The molecule has 1 aromatic carbocycles. The molecule has 0 N–H and O–H groups in total. The largest absolute Gasteiger partial charge is 0.368 e. The standard InChI is InChI=1S/C9H7ClN2O/c10-5-4-6-2-1-3-7-8(6)12-9(13)11-7/h1-3H,4-5H2. The van der Waals surface area contributed by atoms with E-state index in [-0.39, 0.29) is 0 Å². The Bertz CT molecular complexity index is 467. The minimum Gasteiger partial charge on any atom is -0.244 e. The van der Waals surface area contributed by atoms with Gasteiger partial charge < -0.3 is 0 Å². The Balaban J connectivity index is 2.65. The molecule has 0 fully saturated rings. The summed E-state index contributed by atoms with van der Waals surface area (Å²) in [5, 5.41) is 1.35. The number of fused-ring (bicyclic) bond motifs is 1. The lowest BCUT2D eigenvalue weighted by Crippen LogP contribution is -2.25. The van der Waals surface area contributed by atoms with Crippen molar-refractivity contribution in [3.8, 4) is 0 Å². The molecule has 2 amide bonds. The number of amides is 2. The molecule has 0 bridgehead atoms. The van der Waals surface area contributed by atoms with Gasteiger partial charge in [-0.3, -0.25) is 0 Å². The fraction of sp³-hybridized carbons (Fsp3) is 0.222. The summed E-state index contributed by atoms with van der Waals surface area (Å²) >= 11 is 5.62. The third-order valence-corrected chi connectivity index (χ3v) is 2.07. The molecular weight excluding hydrogens is 188 g/mol. The predicted molar refractivity (Wildman–Crippen MR) is 48.6 cm³/mol. The van der Waals surface area contributed by atoms with Crippen molar-refractivity contribution >= 4 is 17.6 Å². The number of para-hydroxylation sites is 1. The highest BCUT2D eigenvalue weighted by Crippen LogP contribution is 1.95. The van der Waals surface area contributed by atoms with Crippen molar-refractivity contribution in [1.29, 1.82) is 0 Å². The van der Waals surface area contributed by atoms with Crippen LogP contribution in [0.1, 0.15) is 5.56 Å². The van der Waals surface area contributed by atoms with E-state index < -0.39 is 6.03 Å². The molecule has 0 aromatic heterocycles. The Morgan fingerprint density at radius 1 is 1.31 bits per heavy atom. The van der Waals surface area contributed by atoms with Crippen molar-refractivity contribution in [2.45, 2.75) is 6.42 Å². The van der Waals surface area contributed by atoms with Gasteiger partial charge in [-0.15, -0.1) is 11.6 Å². The number of benzene rings is 1. The van der Waals surface area contributed by atoms with Crippen LogP contribution in [0.4, 0.5) is 4.79 Å². The number of hydrogen-bond donors (Lipinski definition) is 0. The van der Waals surface area contributed by atoms with Gasteiger partial charge in [0.1, 0.15) is 0 Å². The van der Waals surface area contributed by atoms with E-state index in [0.717, 1.165) is 12.0 Å². The quantitative estimate of drug-likeness (QED) is 0.644. The molecular formula is C9H7ClN2O. The van der Waals surface area contributed by atoms with E-state index in [9.17, 15) is 4.79 Å². The lowest BCUT2D eigenvalue weighted by Gasteiger charge is -1.94. The van der Waals surface area contributed by atoms with Crippen molar-refractivity contribution in [2.24, 2.45) is 9.98 Å². The van der Waals surface area contributed by atoms with Crippen LogP contribution < -0.4 is 10.7 Å². The molecule has 0 spiro atoms. The number of carbonyl (C=O) groups excluding carboxylic acids is 1. The average Bonchev–Trinajstić information content (AvgIpc) is 2.47. The van der Waals surface area contributed by atoms with Crippen LogP contribution in [0.5, 0.6) is 0 Å². The third-order valence-electron chi connectivity index (χ3n) is 1.89. The molecule has 0 aliphatic carbocycles. The third kappa shape index (κ3) is 1.47. The summed E-state index contributed by atoms with van der Waals surface area (Å²) in [5.74, 6) is 0.528. The number of aryl methyl sites for hydroxylation is 1. The summed E-state index contributed by atoms with van der Waals surface area (Å²) in [5.41, 5.74) is 0.988. The van der Waals surface area contributed by atoms with E-state index in [1.165, 1.54) is 0 Å². The van der Waals surface area contributed by atoms with Crippen molar-refractivity contribution in [3.63, 3.8) is 0 Å². The minimum absolute atomic E-state index is 0.419. The molecule has 1 aromatic rings. The first-order valence-corrected chi connectivity index (χ1v) is 4.50. The average molecular weight is 195 g/mol. The number of urea groups is 1. The summed E-state index contributed by atoms with van der Waals surface area (Å²) in [7, 11) is 0. The van der Waals surface area contributed by atoms with E-state index in [0.29, 0.717) is 16.6 Å². The fourth-order valence-corrected chi connectivity index (χ4v) is 1.53. The van der Waals surface area contributed by atoms with Gasteiger partial charge in [-0.05, 0) is 18.1 Å². The zero-order chi connectivity index (χ0) is 9.26. The SMILES string of the molecule is O=C1N=c2cccc(CCCl)c2=N1. The van der Waals surface area contributed by atoms with Gasteiger partial charge in [0.2, 0.25) is 0 Å². The molecule has 0 unspecified atom stereocenters. The Morgan fingerprint density at radius 3 is 2.92 bits per heavy atom. The molecule has 13 heavy (non-hydrogen) atoms. The second-order valence-electron chi connectivity index (χ2n) is 2.73. The van der Waals surface area contributed by atoms with E-state index in [4.69, 9.17) is 11.6 Å². The van der Waals surface area contributed by atoms with Gasteiger partial charge >= 0.3 is 6.03 Å². The molecule has 1 aliphatic rings. The number of halogens is 1. The van der Waals surface area contributed by atoms with E-state index in [1.54, 1.807) is 6.07 Å². The summed E-state index contributed by atoms with van der Waals surface area (Å²) in [4.78, 5) is 18.4. The second-order valence-corrected chi connectivity index (χ2v) is 3.11. The molecule has 3 nitrogen and oxygen atoms in total. The maximum absolute atomic E-state index is 10.9. The van der Waals surface area contributed by atoms with Crippen molar-refractivity contribution < 1.29 is 4.79 Å². The van der Waals surface area contributed by atoms with Gasteiger partial charge in [0.25, 0.3) is 0 Å². The first kappa shape index (κ1) is 8.38. The normalized spacial score (nSPS) is 13.5. The van der Waals surface area contributed by atoms with Crippen LogP contribution in [0.3, 0.4) is 0 Å². The van der Waals surface area contributed by atoms with Crippen LogP contribution in [-0.2, 0) is 6.42 Å². The van der Waals surface area contributed by atoms with Crippen LogP contribution >= 0.6 is 11.6 Å². The van der Waals surface area contributed by atoms with E-state index in [1.807, 2.05) is 12.1 Å². The van der Waals surface area contributed by atoms with Gasteiger partial charge in [-0.25, -0.2) is 4.79 Å². The van der Waals surface area contributed by atoms with Gasteiger partial charge in [-0.1, -0.05) is 12.1 Å². The van der Waals surface area contributed by atoms with Crippen LogP contribution in [0.2, 0.25) is 0 Å². The summed E-state index contributed by atoms with van der Waals surface area (Å²) in [6.07, 6.45) is 0.719. The van der Waals surface area contributed by atoms with Crippen molar-refractivity contribution in [2.75, 3.05) is 5.88 Å². The molecule has 1 heterocycles. The van der Waals surface area contributed by atoms with Crippen molar-refractivity contribution in [3.05, 3.63) is 34.5 Å². The highest BCUT2D eigenvalue weighted by molar-refractivity contribution is 6.17. The number of nitrogens with zero attached hydrogens (tertiary/aromatic N) is 2. The van der Waals surface area contributed by atoms with Crippen LogP contribution in [0.15, 0.2) is 28.2 Å². The minimum atomic E-state index is -0.419. The molecule has 0 atom stereocenters. The first-order valence-electron chi connectivity index (χ1n) is 3.96. The zero-order valence-electron chi connectivity index (χ0n) is 6.83. The Labute approximate surface area is 79.8 Å². The Hall–Kier alpha value is -1.22. The summed E-state index contributed by atoms with van der Waals surface area (Å²) in [6.45, 7) is 0. The molecule has 0 saturated heterocycles. The van der Waals surface area contributed by atoms with Crippen LogP contribution in [-0.4, -0.2) is 11.9 Å². The molecule has 0 radical (unpaired) electrons. The monoisotopic (exact) mass is 194 g/mol. The van der Waals surface area contributed by atoms with E-state index in [2.05, 4.69) is 9.98 Å². The first-order chi connectivity index (χ1) is 6.31. The molecule has 2 rings (SSSR count). The predicted octanol–water partition coefficient (Wildman–Crippen LogP) is 0.841. The zero-order valence-corrected chi connectivity index (χ0v) is 7.58. The smallest absolute Gasteiger partial charge is 0.244 e. The Kier molecular flexibility index (Phi) is 2.10. The summed E-state index contributed by atoms with van der Waals surface area (Å²) in [6, 6.07) is 5.13. The number of alkyl halides is 1. The number of carbonyl (C=O) groups is 1. The Morgan fingerprint density at radius 2 is 2.15 bits per heavy atom. The van der Waals surface area contributed by atoms with E-state index >= 15 is 0 Å². The van der Waals surface area contributed by atoms with Gasteiger partial charge in [0, 0.05) is 5.88 Å². The molecule has 66 valence electrons. The maximum atomic E-state index is 10.9. The van der Waals surface area contributed by atoms with Crippen LogP contribution in [0.25, 0.3) is 0 Å². The maximum Gasteiger partial charge on any atom is 0.368 e. The molecule has 0 saturated carbocycles. The molecule has 4 heteroatoms. The number of hydrogen-bond acceptors (Lipinski definition) is 1. The van der Waals surface area contributed by atoms with Gasteiger partial charge in [-0.2, -0.15) is 9.98 Å². The summed E-state index contributed by atoms with van der Waals surface area (Å²) < 4.78 is 0. The second kappa shape index (κ2) is 3.26. The van der Waals surface area contributed by atoms with Gasteiger partial charge in [0.05, 0.1) is 10.7 Å². The molecule has 1 aliphatic heterocycles. The fourth-order valence-electron chi connectivity index (χ4n) is 1.32. The lowest BCUT2D eigenvalue weighted by molar-refractivity contribution is 0.256. The highest BCUT2D eigenvalue weighted by atomic mass is 35.5. The topological polar surface area (TPSA) is 41.8 Å². The van der Waals surface area contributed by atoms with Gasteiger partial charge in [0.15, 0.2) is 0 Å². The van der Waals surface area contributed by atoms with Crippen molar-refractivity contribution in [1.82, 2.24) is 0 Å². The highest BCUT2D eigenvalue weighted by Gasteiger charge is 2.07. The lowest BCUT2D eigenvalue weighted by atomic mass is 10.1. The van der Waals surface area contributed by atoms with Crippen LogP contribution in [0, 0.1) is 0 Å². The number of rotatable bonds is 2.